The van der Waals surface area contributed by atoms with Crippen LogP contribution in [0.15, 0.2) is 16.4 Å². The van der Waals surface area contributed by atoms with Crippen molar-refractivity contribution in [2.75, 3.05) is 6.54 Å². The van der Waals surface area contributed by atoms with E-state index in [4.69, 9.17) is 10.7 Å². The Hall–Kier alpha value is -1.03. The summed E-state index contributed by atoms with van der Waals surface area (Å²) in [5.74, 6) is 0.763. The van der Waals surface area contributed by atoms with Crippen molar-refractivity contribution in [3.63, 3.8) is 0 Å². The molecule has 2 heterocycles. The van der Waals surface area contributed by atoms with Gasteiger partial charge in [-0.25, -0.2) is 4.99 Å². The Bertz CT molecular complexity index is 432. The Kier molecular flexibility index (Phi) is 3.55. The van der Waals surface area contributed by atoms with Crippen molar-refractivity contribution in [2.24, 2.45) is 10.7 Å². The number of rotatable bonds is 1. The van der Waals surface area contributed by atoms with Crippen molar-refractivity contribution in [3.05, 3.63) is 21.9 Å². The Morgan fingerprint density at radius 1 is 1.33 bits per heavy atom. The Labute approximate surface area is 113 Å². The van der Waals surface area contributed by atoms with E-state index in [9.17, 15) is 0 Å². The highest BCUT2D eigenvalue weighted by Crippen LogP contribution is 2.25. The molecule has 1 aromatic heterocycles. The van der Waals surface area contributed by atoms with Crippen molar-refractivity contribution in [1.82, 2.24) is 4.90 Å². The monoisotopic (exact) mass is 263 g/mol. The van der Waals surface area contributed by atoms with Gasteiger partial charge in [-0.3, -0.25) is 0 Å². The number of fused-ring (bicyclic) bond motifs is 1. The van der Waals surface area contributed by atoms with Gasteiger partial charge in [0, 0.05) is 18.0 Å². The zero-order valence-corrected chi connectivity index (χ0v) is 11.6. The molecule has 1 saturated carbocycles. The van der Waals surface area contributed by atoms with Gasteiger partial charge in [0.1, 0.15) is 0 Å². The van der Waals surface area contributed by atoms with E-state index in [1.807, 2.05) is 11.3 Å². The average molecular weight is 263 g/mol. The third-order valence-electron chi connectivity index (χ3n) is 4.02. The molecular weight excluding hydrogens is 242 g/mol. The second kappa shape index (κ2) is 5.31. The maximum absolute atomic E-state index is 6.18. The van der Waals surface area contributed by atoms with Gasteiger partial charge in [0.25, 0.3) is 0 Å². The van der Waals surface area contributed by atoms with Crippen molar-refractivity contribution < 1.29 is 0 Å². The summed E-state index contributed by atoms with van der Waals surface area (Å²) < 4.78 is 0. The summed E-state index contributed by atoms with van der Waals surface area (Å²) in [7, 11) is 0. The molecular formula is C14H21N3S. The lowest BCUT2D eigenvalue weighted by Crippen LogP contribution is -2.41. The molecule has 1 fully saturated rings. The summed E-state index contributed by atoms with van der Waals surface area (Å²) in [6.45, 7) is 1.97. The molecule has 0 unspecified atom stereocenters. The largest absolute Gasteiger partial charge is 0.370 e. The van der Waals surface area contributed by atoms with Crippen LogP contribution >= 0.6 is 11.3 Å². The normalized spacial score (nSPS) is 22.0. The molecule has 2 N–H and O–H groups in total. The number of nitrogens with zero attached hydrogens (tertiary/aromatic N) is 2. The molecule has 98 valence electrons. The Balaban J connectivity index is 1.66. The first-order chi connectivity index (χ1) is 8.83. The van der Waals surface area contributed by atoms with Crippen LogP contribution in [0.3, 0.4) is 0 Å². The molecule has 3 nitrogen and oxygen atoms in total. The molecule has 0 spiro atoms. The van der Waals surface area contributed by atoms with Crippen molar-refractivity contribution >= 4 is 17.3 Å². The number of hydrogen-bond acceptors (Lipinski definition) is 2. The van der Waals surface area contributed by atoms with E-state index in [0.29, 0.717) is 6.04 Å². The molecule has 0 amide bonds. The number of thiophene rings is 1. The highest BCUT2D eigenvalue weighted by Gasteiger charge is 2.20. The van der Waals surface area contributed by atoms with E-state index < -0.39 is 0 Å². The van der Waals surface area contributed by atoms with E-state index in [1.165, 1.54) is 42.5 Å². The van der Waals surface area contributed by atoms with Crippen LogP contribution in [0.2, 0.25) is 0 Å². The molecule has 4 heteroatoms. The fraction of sp³-hybridized carbons (Fsp3) is 0.643. The van der Waals surface area contributed by atoms with Crippen LogP contribution in [-0.4, -0.2) is 23.4 Å². The lowest BCUT2D eigenvalue weighted by Gasteiger charge is -2.29. The predicted octanol–water partition coefficient (Wildman–Crippen LogP) is 2.75. The van der Waals surface area contributed by atoms with Gasteiger partial charge in [0.05, 0.1) is 6.04 Å². The molecule has 1 aliphatic heterocycles. The minimum atomic E-state index is 0.475. The standard InChI is InChI=1S/C14H21N3S/c15-14(16-12-4-2-1-3-5-12)17-8-6-13-11(10-17)7-9-18-13/h7,9,12H,1-6,8,10H2,(H2,15,16). The quantitative estimate of drug-likeness (QED) is 0.625. The van der Waals surface area contributed by atoms with Gasteiger partial charge < -0.3 is 10.6 Å². The number of hydrogen-bond donors (Lipinski definition) is 1. The van der Waals surface area contributed by atoms with Crippen LogP contribution < -0.4 is 5.73 Å². The minimum Gasteiger partial charge on any atom is -0.370 e. The van der Waals surface area contributed by atoms with Gasteiger partial charge >= 0.3 is 0 Å². The van der Waals surface area contributed by atoms with Crippen molar-refractivity contribution in [2.45, 2.75) is 51.1 Å². The third kappa shape index (κ3) is 2.53. The first-order valence-electron chi connectivity index (χ1n) is 6.96. The average Bonchev–Trinajstić information content (AvgIpc) is 2.87. The van der Waals surface area contributed by atoms with E-state index in [-0.39, 0.29) is 0 Å². The number of nitrogens with two attached hydrogens (primary N) is 1. The van der Waals surface area contributed by atoms with Crippen LogP contribution in [0.5, 0.6) is 0 Å². The van der Waals surface area contributed by atoms with Gasteiger partial charge in [-0.15, -0.1) is 11.3 Å². The topological polar surface area (TPSA) is 41.6 Å². The van der Waals surface area contributed by atoms with E-state index >= 15 is 0 Å². The molecule has 0 saturated heterocycles. The second-order valence-corrected chi connectivity index (χ2v) is 6.32. The Morgan fingerprint density at radius 2 is 2.17 bits per heavy atom. The van der Waals surface area contributed by atoms with Crippen LogP contribution in [0.1, 0.15) is 42.5 Å². The summed E-state index contributed by atoms with van der Waals surface area (Å²) in [6.07, 6.45) is 7.56. The highest BCUT2D eigenvalue weighted by molar-refractivity contribution is 7.10. The lowest BCUT2D eigenvalue weighted by molar-refractivity contribution is 0.380. The zero-order valence-electron chi connectivity index (χ0n) is 10.8. The van der Waals surface area contributed by atoms with Gasteiger partial charge in [-0.2, -0.15) is 0 Å². The van der Waals surface area contributed by atoms with Crippen molar-refractivity contribution in [1.29, 1.82) is 0 Å². The third-order valence-corrected chi connectivity index (χ3v) is 5.04. The molecule has 0 aromatic carbocycles. The van der Waals surface area contributed by atoms with Crippen LogP contribution in [0.4, 0.5) is 0 Å². The summed E-state index contributed by atoms with van der Waals surface area (Å²) in [5.41, 5.74) is 7.62. The SMILES string of the molecule is NC(=NC1CCCCC1)N1CCc2sccc2C1. The molecule has 1 aliphatic carbocycles. The number of aliphatic imine (C=N–C) groups is 1. The minimum absolute atomic E-state index is 0.475. The lowest BCUT2D eigenvalue weighted by atomic mass is 9.96. The van der Waals surface area contributed by atoms with Crippen LogP contribution in [-0.2, 0) is 13.0 Å². The van der Waals surface area contributed by atoms with E-state index in [0.717, 1.165) is 25.5 Å². The fourth-order valence-corrected chi connectivity index (χ4v) is 3.81. The molecule has 1 aromatic rings. The number of guanidine groups is 1. The van der Waals surface area contributed by atoms with Gasteiger partial charge in [-0.05, 0) is 36.3 Å². The van der Waals surface area contributed by atoms with Gasteiger partial charge in [0.2, 0.25) is 0 Å². The summed E-state index contributed by atoms with van der Waals surface area (Å²) in [6, 6.07) is 2.70. The summed E-state index contributed by atoms with van der Waals surface area (Å²) in [4.78, 5) is 8.51. The van der Waals surface area contributed by atoms with Gasteiger partial charge in [-0.1, -0.05) is 19.3 Å². The van der Waals surface area contributed by atoms with Gasteiger partial charge in [0.15, 0.2) is 5.96 Å². The van der Waals surface area contributed by atoms with E-state index in [2.05, 4.69) is 16.3 Å². The molecule has 0 bridgehead atoms. The first-order valence-corrected chi connectivity index (χ1v) is 7.84. The van der Waals surface area contributed by atoms with Crippen LogP contribution in [0.25, 0.3) is 0 Å². The molecule has 18 heavy (non-hydrogen) atoms. The predicted molar refractivity (Wildman–Crippen MR) is 76.9 cm³/mol. The fourth-order valence-electron chi connectivity index (χ4n) is 2.92. The second-order valence-electron chi connectivity index (χ2n) is 5.32. The highest BCUT2D eigenvalue weighted by atomic mass is 32.1. The van der Waals surface area contributed by atoms with Crippen molar-refractivity contribution in [3.8, 4) is 0 Å². The zero-order chi connectivity index (χ0) is 12.4. The molecule has 0 atom stereocenters. The summed E-state index contributed by atoms with van der Waals surface area (Å²) >= 11 is 1.87. The maximum atomic E-state index is 6.18. The first kappa shape index (κ1) is 12.0. The van der Waals surface area contributed by atoms with Crippen LogP contribution in [0, 0.1) is 0 Å². The summed E-state index contributed by atoms with van der Waals surface area (Å²) in [5, 5.41) is 2.18. The molecule has 0 radical (unpaired) electrons. The Morgan fingerprint density at radius 3 is 3.00 bits per heavy atom. The molecule has 3 rings (SSSR count). The van der Waals surface area contributed by atoms with E-state index in [1.54, 1.807) is 0 Å². The molecule has 2 aliphatic rings. The smallest absolute Gasteiger partial charge is 0.191 e. The maximum Gasteiger partial charge on any atom is 0.191 e.